The molecule has 244 valence electrons. The minimum absolute atomic E-state index is 0.131. The molecule has 47 heavy (non-hydrogen) atoms. The molecule has 0 radical (unpaired) electrons. The van der Waals surface area contributed by atoms with Crippen LogP contribution in [0.15, 0.2) is 104 Å². The number of halogens is 3. The van der Waals surface area contributed by atoms with Crippen LogP contribution in [-0.2, 0) is 28.7 Å². The predicted molar refractivity (Wildman–Crippen MR) is 176 cm³/mol. The first-order chi connectivity index (χ1) is 22.6. The summed E-state index contributed by atoms with van der Waals surface area (Å²) in [5.74, 6) is -0.573. The third kappa shape index (κ3) is 8.92. The van der Waals surface area contributed by atoms with E-state index in [4.69, 9.17) is 0 Å². The molecule has 0 aliphatic carbocycles. The van der Waals surface area contributed by atoms with Crippen molar-refractivity contribution < 1.29 is 22.8 Å². The summed E-state index contributed by atoms with van der Waals surface area (Å²) in [4.78, 5) is 41.9. The number of aromatic nitrogens is 2. The molecule has 1 atom stereocenters. The SMILES string of the molecule is CN(C)C1CCN(C(=O)[C@H](Cc2ccccc2)N(Cc2ccc(-c3ccncc3)cc2)C(=O)/C=C/c2ccc(C(F)(F)F)cn2)CC1. The number of rotatable bonds is 10. The first-order valence-corrected chi connectivity index (χ1v) is 15.6. The summed E-state index contributed by atoms with van der Waals surface area (Å²) >= 11 is 0. The van der Waals surface area contributed by atoms with Gasteiger partial charge in [0.05, 0.1) is 11.3 Å². The summed E-state index contributed by atoms with van der Waals surface area (Å²) in [6, 6.07) is 22.9. The van der Waals surface area contributed by atoms with E-state index >= 15 is 0 Å². The lowest BCUT2D eigenvalue weighted by atomic mass is 9.98. The zero-order valence-corrected chi connectivity index (χ0v) is 26.5. The first kappa shape index (κ1) is 33.5. The van der Waals surface area contributed by atoms with Crippen LogP contribution in [0.4, 0.5) is 13.2 Å². The molecule has 2 aromatic carbocycles. The van der Waals surface area contributed by atoms with Gasteiger partial charge in [-0.25, -0.2) is 0 Å². The second-order valence-corrected chi connectivity index (χ2v) is 11.9. The Morgan fingerprint density at radius 1 is 0.894 bits per heavy atom. The molecule has 2 amide bonds. The highest BCUT2D eigenvalue weighted by molar-refractivity contribution is 5.95. The molecular formula is C37H38F3N5O2. The number of benzene rings is 2. The number of carbonyl (C=O) groups excluding carboxylic acids is 2. The van der Waals surface area contributed by atoms with Gasteiger partial charge in [-0.3, -0.25) is 19.6 Å². The van der Waals surface area contributed by atoms with Crippen molar-refractivity contribution in [2.45, 2.75) is 44.1 Å². The van der Waals surface area contributed by atoms with E-state index in [1.54, 1.807) is 17.3 Å². The molecule has 1 aliphatic heterocycles. The standard InChI is InChI=1S/C37H38F3N5O2/c1-43(2)33-18-22-44(23-19-33)36(47)34(24-27-6-4-3-5-7-27)45(26-28-8-10-29(11-9-28)30-16-20-41-21-17-30)35(46)15-14-32-13-12-31(25-42-32)37(38,39)40/h3-17,20-21,25,33-34H,18-19,22-24,26H2,1-2H3/b15-14+/t34-/m0/s1. The van der Waals surface area contributed by atoms with Crippen molar-refractivity contribution in [3.05, 3.63) is 126 Å². The molecule has 10 heteroatoms. The lowest BCUT2D eigenvalue weighted by Crippen LogP contribution is -2.54. The molecule has 7 nitrogen and oxygen atoms in total. The fraction of sp³-hybridized carbons (Fsp3) is 0.297. The van der Waals surface area contributed by atoms with Crippen LogP contribution < -0.4 is 0 Å². The van der Waals surface area contributed by atoms with Crippen LogP contribution in [-0.4, -0.2) is 75.8 Å². The molecule has 0 spiro atoms. The lowest BCUT2D eigenvalue weighted by molar-refractivity contribution is -0.145. The van der Waals surface area contributed by atoms with Gasteiger partial charge >= 0.3 is 6.18 Å². The Bertz CT molecular complexity index is 1640. The Labute approximate surface area is 273 Å². The molecule has 4 aromatic rings. The monoisotopic (exact) mass is 641 g/mol. The topological polar surface area (TPSA) is 69.6 Å². The maximum atomic E-state index is 14.3. The van der Waals surface area contributed by atoms with Crippen molar-refractivity contribution in [3.8, 4) is 11.1 Å². The van der Waals surface area contributed by atoms with Crippen molar-refractivity contribution in [3.63, 3.8) is 0 Å². The zero-order valence-electron chi connectivity index (χ0n) is 26.5. The number of nitrogens with zero attached hydrogens (tertiary/aromatic N) is 5. The molecule has 3 heterocycles. The third-order valence-corrected chi connectivity index (χ3v) is 8.55. The number of pyridine rings is 2. The quantitative estimate of drug-likeness (QED) is 0.188. The second-order valence-electron chi connectivity index (χ2n) is 11.9. The summed E-state index contributed by atoms with van der Waals surface area (Å²) in [6.45, 7) is 1.32. The fourth-order valence-corrected chi connectivity index (χ4v) is 5.79. The molecular weight excluding hydrogens is 603 g/mol. The number of alkyl halides is 3. The highest BCUT2D eigenvalue weighted by Crippen LogP contribution is 2.28. The van der Waals surface area contributed by atoms with Gasteiger partial charge < -0.3 is 14.7 Å². The van der Waals surface area contributed by atoms with Crippen LogP contribution in [0, 0.1) is 0 Å². The lowest BCUT2D eigenvalue weighted by Gasteiger charge is -2.39. The van der Waals surface area contributed by atoms with E-state index in [9.17, 15) is 22.8 Å². The fourth-order valence-electron chi connectivity index (χ4n) is 5.79. The van der Waals surface area contributed by atoms with Crippen molar-refractivity contribution in [2.24, 2.45) is 0 Å². The molecule has 0 N–H and O–H groups in total. The highest BCUT2D eigenvalue weighted by atomic mass is 19.4. The average molecular weight is 642 g/mol. The minimum Gasteiger partial charge on any atom is -0.341 e. The van der Waals surface area contributed by atoms with Gasteiger partial charge in [0.25, 0.3) is 0 Å². The molecule has 1 saturated heterocycles. The first-order valence-electron chi connectivity index (χ1n) is 15.6. The van der Waals surface area contributed by atoms with Gasteiger partial charge in [0.2, 0.25) is 11.8 Å². The predicted octanol–water partition coefficient (Wildman–Crippen LogP) is 6.37. The number of piperidine rings is 1. The molecule has 0 unspecified atom stereocenters. The Balaban J connectivity index is 1.46. The third-order valence-electron chi connectivity index (χ3n) is 8.55. The van der Waals surface area contributed by atoms with Crippen molar-refractivity contribution in [1.29, 1.82) is 0 Å². The molecule has 2 aromatic heterocycles. The van der Waals surface area contributed by atoms with E-state index < -0.39 is 23.7 Å². The molecule has 0 bridgehead atoms. The van der Waals surface area contributed by atoms with Crippen LogP contribution >= 0.6 is 0 Å². The molecule has 0 saturated carbocycles. The van der Waals surface area contributed by atoms with Crippen molar-refractivity contribution in [2.75, 3.05) is 27.2 Å². The van der Waals surface area contributed by atoms with Gasteiger partial charge in [0.15, 0.2) is 0 Å². The van der Waals surface area contributed by atoms with Crippen LogP contribution in [0.3, 0.4) is 0 Å². The smallest absolute Gasteiger partial charge is 0.341 e. The maximum absolute atomic E-state index is 14.3. The van der Waals surface area contributed by atoms with E-state index in [0.29, 0.717) is 25.6 Å². The number of hydrogen-bond acceptors (Lipinski definition) is 5. The minimum atomic E-state index is -4.51. The number of carbonyl (C=O) groups is 2. The number of amides is 2. The Morgan fingerprint density at radius 3 is 2.15 bits per heavy atom. The van der Waals surface area contributed by atoms with Gasteiger partial charge in [-0.2, -0.15) is 13.2 Å². The van der Waals surface area contributed by atoms with E-state index in [-0.39, 0.29) is 18.1 Å². The Kier molecular flexibility index (Phi) is 10.8. The van der Waals surface area contributed by atoms with Gasteiger partial charge in [-0.05, 0) is 79.5 Å². The molecule has 5 rings (SSSR count). The maximum Gasteiger partial charge on any atom is 0.417 e. The normalized spacial score (nSPS) is 14.8. The van der Waals surface area contributed by atoms with Crippen LogP contribution in [0.1, 0.15) is 35.2 Å². The summed E-state index contributed by atoms with van der Waals surface area (Å²) in [6.07, 6.45) is 4.32. The average Bonchev–Trinajstić information content (AvgIpc) is 3.09. The largest absolute Gasteiger partial charge is 0.417 e. The Hall–Kier alpha value is -4.83. The summed E-state index contributed by atoms with van der Waals surface area (Å²) < 4.78 is 39.2. The molecule has 1 aliphatic rings. The molecule has 1 fully saturated rings. The van der Waals surface area contributed by atoms with Crippen LogP contribution in [0.5, 0.6) is 0 Å². The number of hydrogen-bond donors (Lipinski definition) is 0. The van der Waals surface area contributed by atoms with Gasteiger partial charge in [-0.1, -0.05) is 54.6 Å². The van der Waals surface area contributed by atoms with E-state index in [1.165, 1.54) is 18.2 Å². The van der Waals surface area contributed by atoms with Crippen molar-refractivity contribution in [1.82, 2.24) is 24.7 Å². The van der Waals surface area contributed by atoms with Gasteiger partial charge in [0.1, 0.15) is 6.04 Å². The zero-order chi connectivity index (χ0) is 33.4. The van der Waals surface area contributed by atoms with E-state index in [0.717, 1.165) is 47.4 Å². The van der Waals surface area contributed by atoms with E-state index in [1.807, 2.05) is 85.7 Å². The summed E-state index contributed by atoms with van der Waals surface area (Å²) in [5, 5.41) is 0. The van der Waals surface area contributed by atoms with Gasteiger partial charge in [0, 0.05) is 56.8 Å². The number of likely N-dealkylation sites (tertiary alicyclic amines) is 1. The summed E-state index contributed by atoms with van der Waals surface area (Å²) in [7, 11) is 4.08. The van der Waals surface area contributed by atoms with E-state index in [2.05, 4.69) is 14.9 Å². The van der Waals surface area contributed by atoms with Crippen LogP contribution in [0.2, 0.25) is 0 Å². The van der Waals surface area contributed by atoms with Crippen LogP contribution in [0.25, 0.3) is 17.2 Å². The van der Waals surface area contributed by atoms with Gasteiger partial charge in [-0.15, -0.1) is 0 Å². The highest BCUT2D eigenvalue weighted by Gasteiger charge is 2.35. The Morgan fingerprint density at radius 2 is 1.55 bits per heavy atom. The van der Waals surface area contributed by atoms with Crippen molar-refractivity contribution >= 4 is 17.9 Å². The second kappa shape index (κ2) is 15.2. The summed E-state index contributed by atoms with van der Waals surface area (Å²) in [5.41, 5.74) is 3.06.